The highest BCUT2D eigenvalue weighted by molar-refractivity contribution is 6.12. The number of phenols is 1. The van der Waals surface area contributed by atoms with E-state index in [1.807, 2.05) is 12.2 Å². The number of hydrogen-bond acceptors (Lipinski definition) is 5. The maximum Gasteiger partial charge on any atom is 0.333 e. The maximum atomic E-state index is 12.5. The number of esters is 1. The molecule has 1 aliphatic rings. The molecule has 1 aromatic carbocycles. The Hall–Kier alpha value is -2.82. The fraction of sp³-hybridized carbons (Fsp3) is 0.300. The molecule has 0 aliphatic heterocycles. The summed E-state index contributed by atoms with van der Waals surface area (Å²) < 4.78 is 10.3. The molecule has 132 valence electrons. The van der Waals surface area contributed by atoms with E-state index in [1.54, 1.807) is 19.1 Å². The van der Waals surface area contributed by atoms with Crippen molar-refractivity contribution in [2.75, 3.05) is 13.2 Å². The number of carbonyl (C=O) groups excluding carboxylic acids is 2. The second-order valence-corrected chi connectivity index (χ2v) is 6.00. The van der Waals surface area contributed by atoms with Crippen molar-refractivity contribution in [3.63, 3.8) is 0 Å². The zero-order valence-corrected chi connectivity index (χ0v) is 14.5. The molecule has 2 rings (SSSR count). The first-order chi connectivity index (χ1) is 11.9. The molecule has 1 aromatic rings. The molecule has 0 bridgehead atoms. The Morgan fingerprint density at radius 3 is 2.68 bits per heavy atom. The van der Waals surface area contributed by atoms with Crippen LogP contribution in [-0.4, -0.2) is 30.1 Å². The van der Waals surface area contributed by atoms with Crippen molar-refractivity contribution in [1.82, 2.24) is 0 Å². The van der Waals surface area contributed by atoms with Crippen LogP contribution in [0.2, 0.25) is 0 Å². The monoisotopic (exact) mass is 342 g/mol. The van der Waals surface area contributed by atoms with Gasteiger partial charge in [-0.15, -0.1) is 0 Å². The molecule has 1 aliphatic carbocycles. The summed E-state index contributed by atoms with van der Waals surface area (Å²) in [4.78, 5) is 23.7. The van der Waals surface area contributed by atoms with E-state index in [4.69, 9.17) is 9.47 Å². The Morgan fingerprint density at radius 2 is 2.08 bits per heavy atom. The second kappa shape index (κ2) is 8.33. The van der Waals surface area contributed by atoms with Gasteiger partial charge in [-0.05, 0) is 31.4 Å². The number of rotatable bonds is 7. The van der Waals surface area contributed by atoms with Gasteiger partial charge in [0.05, 0.1) is 5.56 Å². The summed E-state index contributed by atoms with van der Waals surface area (Å²) in [5.41, 5.74) is 1.13. The van der Waals surface area contributed by atoms with Crippen molar-refractivity contribution in [2.45, 2.75) is 20.3 Å². The molecular formula is C20H22O5. The minimum Gasteiger partial charge on any atom is -0.507 e. The number of ketones is 1. The van der Waals surface area contributed by atoms with Gasteiger partial charge >= 0.3 is 5.97 Å². The number of hydrogen-bond donors (Lipinski definition) is 1. The Labute approximate surface area is 147 Å². The smallest absolute Gasteiger partial charge is 0.333 e. The van der Waals surface area contributed by atoms with Crippen LogP contribution in [-0.2, 0) is 9.53 Å². The highest BCUT2D eigenvalue weighted by Gasteiger charge is 2.17. The first kappa shape index (κ1) is 18.5. The fourth-order valence-electron chi connectivity index (χ4n) is 2.26. The average molecular weight is 342 g/mol. The van der Waals surface area contributed by atoms with Gasteiger partial charge in [-0.1, -0.05) is 31.7 Å². The first-order valence-corrected chi connectivity index (χ1v) is 8.10. The molecule has 0 heterocycles. The molecule has 5 heteroatoms. The Morgan fingerprint density at radius 1 is 1.32 bits per heavy atom. The van der Waals surface area contributed by atoms with Crippen molar-refractivity contribution in [3.8, 4) is 11.5 Å². The fourth-order valence-corrected chi connectivity index (χ4v) is 2.26. The lowest BCUT2D eigenvalue weighted by Gasteiger charge is -2.12. The molecule has 0 saturated carbocycles. The van der Waals surface area contributed by atoms with E-state index >= 15 is 0 Å². The van der Waals surface area contributed by atoms with Gasteiger partial charge in [0.2, 0.25) is 0 Å². The van der Waals surface area contributed by atoms with Crippen LogP contribution >= 0.6 is 0 Å². The van der Waals surface area contributed by atoms with Crippen molar-refractivity contribution < 1.29 is 24.2 Å². The molecule has 0 saturated heterocycles. The molecule has 1 N–H and O–H groups in total. The van der Waals surface area contributed by atoms with Crippen molar-refractivity contribution >= 4 is 11.8 Å². The van der Waals surface area contributed by atoms with Crippen LogP contribution in [0.5, 0.6) is 11.5 Å². The first-order valence-electron chi connectivity index (χ1n) is 8.10. The Kier molecular flexibility index (Phi) is 6.17. The Bertz CT molecular complexity index is 742. The van der Waals surface area contributed by atoms with Crippen molar-refractivity contribution in [2.24, 2.45) is 5.92 Å². The lowest BCUT2D eigenvalue weighted by molar-refractivity contribution is -0.139. The predicted molar refractivity (Wildman–Crippen MR) is 94.7 cm³/mol. The number of aromatic hydroxyl groups is 1. The summed E-state index contributed by atoms with van der Waals surface area (Å²) in [6.45, 7) is 7.33. The number of Topliss-reactive ketones (excluding diaryl/α,β-unsaturated/α-hetero) is 1. The van der Waals surface area contributed by atoms with E-state index in [0.717, 1.165) is 6.42 Å². The third-order valence-corrected chi connectivity index (χ3v) is 3.72. The summed E-state index contributed by atoms with van der Waals surface area (Å²) >= 11 is 0. The lowest BCUT2D eigenvalue weighted by Crippen LogP contribution is -2.12. The van der Waals surface area contributed by atoms with Crippen LogP contribution in [0.3, 0.4) is 0 Å². The number of phenolic OH excluding ortho intramolecular Hbond substituents is 1. The Balaban J connectivity index is 1.94. The molecule has 0 amide bonds. The lowest BCUT2D eigenvalue weighted by atomic mass is 9.93. The third kappa shape index (κ3) is 5.08. The molecule has 0 fully saturated rings. The van der Waals surface area contributed by atoms with Gasteiger partial charge in [-0.2, -0.15) is 0 Å². The number of ether oxygens (including phenoxy) is 2. The van der Waals surface area contributed by atoms with Gasteiger partial charge in [0, 0.05) is 17.2 Å². The van der Waals surface area contributed by atoms with Crippen molar-refractivity contribution in [1.29, 1.82) is 0 Å². The molecule has 1 unspecified atom stereocenters. The van der Waals surface area contributed by atoms with E-state index in [1.165, 1.54) is 12.1 Å². The van der Waals surface area contributed by atoms with E-state index in [9.17, 15) is 14.7 Å². The number of carbonyl (C=O) groups is 2. The minimum absolute atomic E-state index is 0.0724. The number of allylic oxidation sites excluding steroid dienone is 4. The highest BCUT2D eigenvalue weighted by atomic mass is 16.6. The van der Waals surface area contributed by atoms with Gasteiger partial charge < -0.3 is 14.6 Å². The molecule has 0 spiro atoms. The van der Waals surface area contributed by atoms with E-state index in [2.05, 4.69) is 13.5 Å². The second-order valence-electron chi connectivity index (χ2n) is 6.00. The molecule has 0 aromatic heterocycles. The summed E-state index contributed by atoms with van der Waals surface area (Å²) in [6.07, 6.45) is 6.46. The summed E-state index contributed by atoms with van der Waals surface area (Å²) in [5.74, 6) is -0.0328. The molecule has 25 heavy (non-hydrogen) atoms. The highest BCUT2D eigenvalue weighted by Crippen LogP contribution is 2.27. The zero-order valence-electron chi connectivity index (χ0n) is 14.5. The summed E-state index contributed by atoms with van der Waals surface area (Å²) in [7, 11) is 0. The van der Waals surface area contributed by atoms with E-state index in [-0.39, 0.29) is 30.3 Å². The largest absolute Gasteiger partial charge is 0.507 e. The van der Waals surface area contributed by atoms with Crippen LogP contribution in [0.25, 0.3) is 0 Å². The van der Waals surface area contributed by atoms with Gasteiger partial charge in [-0.3, -0.25) is 4.79 Å². The molecule has 5 nitrogen and oxygen atoms in total. The van der Waals surface area contributed by atoms with Gasteiger partial charge in [-0.25, -0.2) is 4.79 Å². The molecular weight excluding hydrogens is 320 g/mol. The molecule has 1 atom stereocenters. The topological polar surface area (TPSA) is 72.8 Å². The quantitative estimate of drug-likeness (QED) is 0.355. The minimum atomic E-state index is -0.476. The van der Waals surface area contributed by atoms with Crippen LogP contribution < -0.4 is 4.74 Å². The van der Waals surface area contributed by atoms with Crippen LogP contribution in [0.4, 0.5) is 0 Å². The standard InChI is InChI=1S/C20H22O5/c1-13(2)20(23)25-11-10-24-16-8-9-17(18(21)12-16)19(22)15-6-4-14(3)5-7-15/h4,6-9,12,14,21H,1,5,10-11H2,2-3H3. The summed E-state index contributed by atoms with van der Waals surface area (Å²) in [6, 6.07) is 4.51. The van der Waals surface area contributed by atoms with Crippen LogP contribution in [0.15, 0.2) is 54.2 Å². The van der Waals surface area contributed by atoms with Gasteiger partial charge in [0.1, 0.15) is 24.7 Å². The van der Waals surface area contributed by atoms with E-state index < -0.39 is 5.97 Å². The summed E-state index contributed by atoms with van der Waals surface area (Å²) in [5, 5.41) is 10.1. The maximum absolute atomic E-state index is 12.5. The normalized spacial score (nSPS) is 16.1. The van der Waals surface area contributed by atoms with Crippen LogP contribution in [0.1, 0.15) is 30.6 Å². The number of benzene rings is 1. The molecule has 0 radical (unpaired) electrons. The zero-order chi connectivity index (χ0) is 18.4. The van der Waals surface area contributed by atoms with Crippen LogP contribution in [0, 0.1) is 5.92 Å². The SMILES string of the molecule is C=C(C)C(=O)OCCOc1ccc(C(=O)C2=CCC(C)C=C2)c(O)c1. The van der Waals surface area contributed by atoms with Gasteiger partial charge in [0.15, 0.2) is 5.78 Å². The van der Waals surface area contributed by atoms with E-state index in [0.29, 0.717) is 22.8 Å². The predicted octanol–water partition coefficient (Wildman–Crippen LogP) is 3.60. The third-order valence-electron chi connectivity index (χ3n) is 3.72. The van der Waals surface area contributed by atoms with Crippen molar-refractivity contribution in [3.05, 3.63) is 59.7 Å². The average Bonchev–Trinajstić information content (AvgIpc) is 2.58. The van der Waals surface area contributed by atoms with Gasteiger partial charge in [0.25, 0.3) is 0 Å².